The minimum absolute atomic E-state index is 0.172. The van der Waals surface area contributed by atoms with Crippen LogP contribution in [0.1, 0.15) is 43.1 Å². The molecule has 1 N–H and O–H groups in total. The molecule has 0 bridgehead atoms. The zero-order chi connectivity index (χ0) is 19.7. The zero-order valence-corrected chi connectivity index (χ0v) is 16.7. The van der Waals surface area contributed by atoms with Gasteiger partial charge in [-0.25, -0.2) is 4.98 Å². The first-order chi connectivity index (χ1) is 13.4. The second-order valence-corrected chi connectivity index (χ2v) is 8.28. The maximum absolute atomic E-state index is 12.6. The molecular formula is C22H29N3O3. The van der Waals surface area contributed by atoms with Gasteiger partial charge in [-0.05, 0) is 50.3 Å². The fourth-order valence-corrected chi connectivity index (χ4v) is 4.26. The number of ether oxygens (including phenoxy) is 1. The van der Waals surface area contributed by atoms with Crippen LogP contribution in [-0.2, 0) is 24.2 Å². The summed E-state index contributed by atoms with van der Waals surface area (Å²) in [4.78, 5) is 18.8. The van der Waals surface area contributed by atoms with Crippen LogP contribution in [0.4, 0.5) is 0 Å². The molecule has 2 aliphatic rings. The number of rotatable bonds is 5. The van der Waals surface area contributed by atoms with Gasteiger partial charge in [0.25, 0.3) is 0 Å². The molecule has 0 unspecified atom stereocenters. The fraction of sp³-hybridized carbons (Fsp3) is 0.545. The van der Waals surface area contributed by atoms with Gasteiger partial charge in [0, 0.05) is 38.3 Å². The van der Waals surface area contributed by atoms with Crippen LogP contribution in [0, 0.1) is 6.92 Å². The lowest BCUT2D eigenvalue weighted by Gasteiger charge is -2.38. The van der Waals surface area contributed by atoms with E-state index in [1.54, 1.807) is 6.20 Å². The highest BCUT2D eigenvalue weighted by atomic mass is 16.5. The van der Waals surface area contributed by atoms with E-state index in [1.807, 2.05) is 28.7 Å². The Labute approximate surface area is 166 Å². The minimum atomic E-state index is -0.765. The molecule has 0 aliphatic carbocycles. The largest absolute Gasteiger partial charge is 0.490 e. The van der Waals surface area contributed by atoms with Crippen LogP contribution >= 0.6 is 0 Å². The highest BCUT2D eigenvalue weighted by Gasteiger charge is 2.34. The number of aromatic nitrogens is 2. The first-order valence-corrected chi connectivity index (χ1v) is 10.2. The Morgan fingerprint density at radius 3 is 2.86 bits per heavy atom. The molecule has 3 heterocycles. The highest BCUT2D eigenvalue weighted by Crippen LogP contribution is 2.30. The summed E-state index contributed by atoms with van der Waals surface area (Å²) in [6.45, 7) is 5.77. The predicted octanol–water partition coefficient (Wildman–Crippen LogP) is 2.50. The SMILES string of the molecule is Cc1nccn1CC1(O)CCN(C(=O)CCc2ccc3c(c2)C[C@H](C)O3)CC1. The van der Waals surface area contributed by atoms with Crippen molar-refractivity contribution in [1.82, 2.24) is 14.5 Å². The first kappa shape index (κ1) is 19.0. The number of benzene rings is 1. The van der Waals surface area contributed by atoms with Gasteiger partial charge in [-0.1, -0.05) is 12.1 Å². The third-order valence-corrected chi connectivity index (χ3v) is 6.02. The van der Waals surface area contributed by atoms with E-state index in [1.165, 1.54) is 11.1 Å². The standard InChI is InChI=1S/C22H29N3O3/c1-16-13-19-14-18(3-5-20(19)28-16)4-6-21(26)24-10-7-22(27,8-11-24)15-25-12-9-23-17(25)2/h3,5,9,12,14,16,27H,4,6-8,10-11,13,15H2,1-2H3/t16-/m0/s1. The molecule has 0 saturated carbocycles. The van der Waals surface area contributed by atoms with Gasteiger partial charge >= 0.3 is 0 Å². The molecule has 1 atom stereocenters. The van der Waals surface area contributed by atoms with Crippen molar-refractivity contribution >= 4 is 5.91 Å². The summed E-state index contributed by atoms with van der Waals surface area (Å²) in [6, 6.07) is 6.26. The van der Waals surface area contributed by atoms with E-state index in [4.69, 9.17) is 4.74 Å². The summed E-state index contributed by atoms with van der Waals surface area (Å²) in [6.07, 6.45) is 7.29. The van der Waals surface area contributed by atoms with E-state index in [0.29, 0.717) is 38.9 Å². The van der Waals surface area contributed by atoms with Crippen molar-refractivity contribution in [1.29, 1.82) is 0 Å². The maximum atomic E-state index is 12.6. The Bertz CT molecular complexity index is 852. The molecule has 0 spiro atoms. The van der Waals surface area contributed by atoms with Gasteiger partial charge in [-0.15, -0.1) is 0 Å². The molecule has 1 aromatic heterocycles. The topological polar surface area (TPSA) is 67.6 Å². The number of aliphatic hydroxyl groups is 1. The lowest BCUT2D eigenvalue weighted by atomic mass is 9.91. The molecule has 6 nitrogen and oxygen atoms in total. The molecular weight excluding hydrogens is 354 g/mol. The number of piperidine rings is 1. The third kappa shape index (κ3) is 4.07. The second kappa shape index (κ2) is 7.59. The number of hydrogen-bond acceptors (Lipinski definition) is 4. The zero-order valence-electron chi connectivity index (χ0n) is 16.7. The van der Waals surface area contributed by atoms with Crippen LogP contribution in [0.15, 0.2) is 30.6 Å². The van der Waals surface area contributed by atoms with Crippen molar-refractivity contribution in [2.75, 3.05) is 13.1 Å². The first-order valence-electron chi connectivity index (χ1n) is 10.2. The van der Waals surface area contributed by atoms with Gasteiger partial charge < -0.3 is 19.3 Å². The lowest BCUT2D eigenvalue weighted by Crippen LogP contribution is -2.48. The summed E-state index contributed by atoms with van der Waals surface area (Å²) in [5.41, 5.74) is 1.67. The number of nitrogens with zero attached hydrogens (tertiary/aromatic N) is 3. The average molecular weight is 383 g/mol. The Hall–Kier alpha value is -2.34. The minimum Gasteiger partial charge on any atom is -0.490 e. The molecule has 0 radical (unpaired) electrons. The summed E-state index contributed by atoms with van der Waals surface area (Å²) in [5.74, 6) is 2.05. The van der Waals surface area contributed by atoms with E-state index in [9.17, 15) is 9.90 Å². The van der Waals surface area contributed by atoms with Crippen molar-refractivity contribution in [2.24, 2.45) is 0 Å². The van der Waals surface area contributed by atoms with Crippen molar-refractivity contribution in [3.63, 3.8) is 0 Å². The van der Waals surface area contributed by atoms with Crippen LogP contribution < -0.4 is 4.74 Å². The number of amides is 1. The van der Waals surface area contributed by atoms with E-state index in [0.717, 1.165) is 24.4 Å². The van der Waals surface area contributed by atoms with Gasteiger partial charge in [0.15, 0.2) is 0 Å². The van der Waals surface area contributed by atoms with Gasteiger partial charge in [-0.3, -0.25) is 4.79 Å². The average Bonchev–Trinajstić information content (AvgIpc) is 3.24. The Morgan fingerprint density at radius 2 is 2.14 bits per heavy atom. The molecule has 2 aliphatic heterocycles. The molecule has 1 fully saturated rings. The smallest absolute Gasteiger partial charge is 0.222 e. The van der Waals surface area contributed by atoms with Crippen LogP contribution in [0.5, 0.6) is 5.75 Å². The van der Waals surface area contributed by atoms with Gasteiger partial charge in [-0.2, -0.15) is 0 Å². The number of aryl methyl sites for hydroxylation is 2. The van der Waals surface area contributed by atoms with E-state index < -0.39 is 5.60 Å². The van der Waals surface area contributed by atoms with Gasteiger partial charge in [0.1, 0.15) is 17.7 Å². The molecule has 1 saturated heterocycles. The van der Waals surface area contributed by atoms with Crippen molar-refractivity contribution in [3.8, 4) is 5.75 Å². The number of hydrogen-bond donors (Lipinski definition) is 1. The molecule has 1 amide bonds. The monoisotopic (exact) mass is 383 g/mol. The molecule has 2 aromatic rings. The number of fused-ring (bicyclic) bond motifs is 1. The van der Waals surface area contributed by atoms with E-state index in [2.05, 4.69) is 24.0 Å². The molecule has 6 heteroatoms. The fourth-order valence-electron chi connectivity index (χ4n) is 4.26. The summed E-state index contributed by atoms with van der Waals surface area (Å²) in [7, 11) is 0. The Kier molecular flexibility index (Phi) is 5.15. The predicted molar refractivity (Wildman–Crippen MR) is 106 cm³/mol. The molecule has 1 aromatic carbocycles. The second-order valence-electron chi connectivity index (χ2n) is 8.28. The molecule has 4 rings (SSSR count). The third-order valence-electron chi connectivity index (χ3n) is 6.02. The van der Waals surface area contributed by atoms with Crippen LogP contribution in [0.25, 0.3) is 0 Å². The highest BCUT2D eigenvalue weighted by molar-refractivity contribution is 5.76. The van der Waals surface area contributed by atoms with Crippen LogP contribution in [-0.4, -0.2) is 50.3 Å². The quantitative estimate of drug-likeness (QED) is 0.861. The van der Waals surface area contributed by atoms with Crippen molar-refractivity contribution in [2.45, 2.75) is 64.2 Å². The summed E-state index contributed by atoms with van der Waals surface area (Å²) >= 11 is 0. The summed E-state index contributed by atoms with van der Waals surface area (Å²) < 4.78 is 7.72. The van der Waals surface area contributed by atoms with Crippen molar-refractivity contribution in [3.05, 3.63) is 47.5 Å². The van der Waals surface area contributed by atoms with Crippen LogP contribution in [0.3, 0.4) is 0 Å². The Balaban J connectivity index is 1.27. The summed E-state index contributed by atoms with van der Waals surface area (Å²) in [5, 5.41) is 10.9. The maximum Gasteiger partial charge on any atom is 0.222 e. The molecule has 150 valence electrons. The number of likely N-dealkylation sites (tertiary alicyclic amines) is 1. The number of imidazole rings is 1. The van der Waals surface area contributed by atoms with Crippen LogP contribution in [0.2, 0.25) is 0 Å². The van der Waals surface area contributed by atoms with Crippen molar-refractivity contribution < 1.29 is 14.6 Å². The van der Waals surface area contributed by atoms with E-state index >= 15 is 0 Å². The Morgan fingerprint density at radius 1 is 1.36 bits per heavy atom. The van der Waals surface area contributed by atoms with Gasteiger partial charge in [0.05, 0.1) is 12.1 Å². The normalized spacial score (nSPS) is 20.7. The van der Waals surface area contributed by atoms with E-state index in [-0.39, 0.29) is 12.0 Å². The number of carbonyl (C=O) groups is 1. The number of carbonyl (C=O) groups excluding carboxylic acids is 1. The molecule has 28 heavy (non-hydrogen) atoms. The van der Waals surface area contributed by atoms with Gasteiger partial charge in [0.2, 0.25) is 5.91 Å². The lowest BCUT2D eigenvalue weighted by molar-refractivity contribution is -0.135.